The molecule has 0 saturated carbocycles. The van der Waals surface area contributed by atoms with Crippen molar-refractivity contribution in [1.29, 1.82) is 0 Å². The van der Waals surface area contributed by atoms with Crippen LogP contribution in [-0.4, -0.2) is 0 Å². The van der Waals surface area contributed by atoms with Crippen LogP contribution in [0.4, 0.5) is 0 Å². The second-order valence-corrected chi connectivity index (χ2v) is 7.87. The molecule has 0 heterocycles. The summed E-state index contributed by atoms with van der Waals surface area (Å²) < 4.78 is 0. The molecule has 4 aromatic rings. The lowest BCUT2D eigenvalue weighted by Gasteiger charge is -2.27. The summed E-state index contributed by atoms with van der Waals surface area (Å²) in [5.41, 5.74) is 4.44. The van der Waals surface area contributed by atoms with Crippen LogP contribution in [0.25, 0.3) is 21.5 Å². The SMILES string of the molecule is Clc1cccc(CC2CCCc3c2ccc2c3ccc3ccccc32)c1. The zero-order valence-electron chi connectivity index (χ0n) is 14.7. The van der Waals surface area contributed by atoms with Gasteiger partial charge in [0.25, 0.3) is 0 Å². The van der Waals surface area contributed by atoms with Crippen LogP contribution in [0, 0.1) is 0 Å². The number of fused-ring (bicyclic) bond motifs is 5. The van der Waals surface area contributed by atoms with Gasteiger partial charge in [0, 0.05) is 5.02 Å². The molecule has 1 aliphatic carbocycles. The third-order valence-electron chi connectivity index (χ3n) is 5.86. The third-order valence-corrected chi connectivity index (χ3v) is 6.10. The fourth-order valence-electron chi connectivity index (χ4n) is 4.67. The van der Waals surface area contributed by atoms with Crippen LogP contribution in [0.3, 0.4) is 0 Å². The predicted molar refractivity (Wildman–Crippen MR) is 112 cm³/mol. The maximum atomic E-state index is 6.20. The summed E-state index contributed by atoms with van der Waals surface area (Å²) in [5.74, 6) is 0.591. The predicted octanol–water partition coefficient (Wildman–Crippen LogP) is 7.31. The summed E-state index contributed by atoms with van der Waals surface area (Å²) in [6, 6.07) is 26.4. The van der Waals surface area contributed by atoms with Gasteiger partial charge in [-0.1, -0.05) is 72.3 Å². The number of benzene rings is 4. The lowest BCUT2D eigenvalue weighted by molar-refractivity contribution is 0.553. The summed E-state index contributed by atoms with van der Waals surface area (Å²) in [6.45, 7) is 0. The van der Waals surface area contributed by atoms with Crippen LogP contribution in [-0.2, 0) is 12.8 Å². The van der Waals surface area contributed by atoms with E-state index in [4.69, 9.17) is 11.6 Å². The monoisotopic (exact) mass is 356 g/mol. The largest absolute Gasteiger partial charge is 0.0843 e. The third kappa shape index (κ3) is 2.70. The normalized spacial score (nSPS) is 16.7. The second-order valence-electron chi connectivity index (χ2n) is 7.44. The molecule has 0 bridgehead atoms. The molecule has 1 heteroatoms. The number of hydrogen-bond donors (Lipinski definition) is 0. The molecule has 0 aliphatic heterocycles. The number of rotatable bonds is 2. The van der Waals surface area contributed by atoms with E-state index in [1.54, 1.807) is 11.1 Å². The van der Waals surface area contributed by atoms with Gasteiger partial charge in [-0.2, -0.15) is 0 Å². The fourth-order valence-corrected chi connectivity index (χ4v) is 4.88. The highest BCUT2D eigenvalue weighted by molar-refractivity contribution is 6.30. The van der Waals surface area contributed by atoms with Crippen molar-refractivity contribution in [2.45, 2.75) is 31.6 Å². The van der Waals surface area contributed by atoms with Gasteiger partial charge in [0.2, 0.25) is 0 Å². The van der Waals surface area contributed by atoms with Crippen molar-refractivity contribution in [1.82, 2.24) is 0 Å². The standard InChI is InChI=1S/C25H21Cl/c26-20-8-3-5-17(16-20)15-19-7-4-10-23-22(19)13-14-24-21-9-2-1-6-18(21)11-12-25(23)24/h1-3,5-6,8-9,11-14,16,19H,4,7,10,15H2. The highest BCUT2D eigenvalue weighted by Gasteiger charge is 2.22. The average Bonchev–Trinajstić information content (AvgIpc) is 2.68. The highest BCUT2D eigenvalue weighted by Crippen LogP contribution is 2.39. The molecule has 0 spiro atoms. The minimum atomic E-state index is 0.591. The molecule has 0 fully saturated rings. The van der Waals surface area contributed by atoms with Gasteiger partial charge in [-0.25, -0.2) is 0 Å². The molecule has 0 saturated heterocycles. The van der Waals surface area contributed by atoms with E-state index in [0.29, 0.717) is 5.92 Å². The Morgan fingerprint density at radius 1 is 0.808 bits per heavy atom. The molecular weight excluding hydrogens is 336 g/mol. The Morgan fingerprint density at radius 2 is 1.69 bits per heavy atom. The van der Waals surface area contributed by atoms with Crippen LogP contribution in [0.2, 0.25) is 5.02 Å². The molecule has 128 valence electrons. The molecule has 1 unspecified atom stereocenters. The first kappa shape index (κ1) is 15.9. The fraction of sp³-hybridized carbons (Fsp3) is 0.200. The molecule has 0 radical (unpaired) electrons. The van der Waals surface area contributed by atoms with E-state index >= 15 is 0 Å². The Balaban J connectivity index is 1.62. The number of hydrogen-bond acceptors (Lipinski definition) is 0. The maximum absolute atomic E-state index is 6.20. The first-order valence-corrected chi connectivity index (χ1v) is 9.85. The Bertz CT molecular complexity index is 1110. The quantitative estimate of drug-likeness (QED) is 0.330. The van der Waals surface area contributed by atoms with E-state index in [1.807, 2.05) is 6.07 Å². The summed E-state index contributed by atoms with van der Waals surface area (Å²) >= 11 is 6.20. The summed E-state index contributed by atoms with van der Waals surface area (Å²) in [5, 5.41) is 6.36. The molecule has 0 amide bonds. The first-order valence-electron chi connectivity index (χ1n) is 9.47. The molecule has 1 atom stereocenters. The molecule has 5 rings (SSSR count). The van der Waals surface area contributed by atoms with E-state index in [-0.39, 0.29) is 0 Å². The molecule has 0 N–H and O–H groups in total. The summed E-state index contributed by atoms with van der Waals surface area (Å²) in [7, 11) is 0. The minimum Gasteiger partial charge on any atom is -0.0843 e. The van der Waals surface area contributed by atoms with Crippen molar-refractivity contribution in [2.24, 2.45) is 0 Å². The van der Waals surface area contributed by atoms with E-state index in [0.717, 1.165) is 11.4 Å². The van der Waals surface area contributed by atoms with E-state index < -0.39 is 0 Å². The van der Waals surface area contributed by atoms with Crippen molar-refractivity contribution in [3.8, 4) is 0 Å². The first-order chi connectivity index (χ1) is 12.8. The van der Waals surface area contributed by atoms with Crippen molar-refractivity contribution in [2.75, 3.05) is 0 Å². The van der Waals surface area contributed by atoms with Crippen LogP contribution in [0.1, 0.15) is 35.4 Å². The van der Waals surface area contributed by atoms with E-state index in [1.165, 1.54) is 46.4 Å². The Hall–Kier alpha value is -2.31. The zero-order valence-corrected chi connectivity index (χ0v) is 15.5. The van der Waals surface area contributed by atoms with Crippen molar-refractivity contribution >= 4 is 33.1 Å². The minimum absolute atomic E-state index is 0.591. The van der Waals surface area contributed by atoms with Crippen LogP contribution in [0.5, 0.6) is 0 Å². The van der Waals surface area contributed by atoms with Crippen LogP contribution in [0.15, 0.2) is 72.8 Å². The van der Waals surface area contributed by atoms with Crippen LogP contribution >= 0.6 is 11.6 Å². The van der Waals surface area contributed by atoms with Crippen molar-refractivity contribution in [3.63, 3.8) is 0 Å². The molecular formula is C25H21Cl. The van der Waals surface area contributed by atoms with Gasteiger partial charge in [0.15, 0.2) is 0 Å². The molecule has 4 aromatic carbocycles. The zero-order chi connectivity index (χ0) is 17.5. The Kier molecular flexibility index (Phi) is 3.94. The van der Waals surface area contributed by atoms with Gasteiger partial charge < -0.3 is 0 Å². The molecule has 0 aromatic heterocycles. The van der Waals surface area contributed by atoms with Gasteiger partial charge in [0.1, 0.15) is 0 Å². The average molecular weight is 357 g/mol. The summed E-state index contributed by atoms with van der Waals surface area (Å²) in [4.78, 5) is 0. The van der Waals surface area contributed by atoms with Crippen molar-refractivity contribution < 1.29 is 0 Å². The molecule has 1 aliphatic rings. The van der Waals surface area contributed by atoms with Crippen LogP contribution < -0.4 is 0 Å². The molecule has 0 nitrogen and oxygen atoms in total. The van der Waals surface area contributed by atoms with Gasteiger partial charge in [-0.05, 0) is 82.0 Å². The number of halogens is 1. The highest BCUT2D eigenvalue weighted by atomic mass is 35.5. The van der Waals surface area contributed by atoms with E-state index in [9.17, 15) is 0 Å². The van der Waals surface area contributed by atoms with Gasteiger partial charge in [-0.15, -0.1) is 0 Å². The maximum Gasteiger partial charge on any atom is 0.0408 e. The van der Waals surface area contributed by atoms with Gasteiger partial charge in [-0.3, -0.25) is 0 Å². The Morgan fingerprint density at radius 3 is 2.62 bits per heavy atom. The van der Waals surface area contributed by atoms with Gasteiger partial charge >= 0.3 is 0 Å². The Labute approximate surface area is 159 Å². The van der Waals surface area contributed by atoms with Gasteiger partial charge in [0.05, 0.1) is 0 Å². The smallest absolute Gasteiger partial charge is 0.0408 e. The van der Waals surface area contributed by atoms with E-state index in [2.05, 4.69) is 66.7 Å². The summed E-state index contributed by atoms with van der Waals surface area (Å²) in [6.07, 6.45) is 4.80. The second kappa shape index (κ2) is 6.45. The lowest BCUT2D eigenvalue weighted by atomic mass is 9.77. The lowest BCUT2D eigenvalue weighted by Crippen LogP contribution is -2.12. The topological polar surface area (TPSA) is 0 Å². The molecule has 26 heavy (non-hydrogen) atoms. The van der Waals surface area contributed by atoms with Crippen molar-refractivity contribution in [3.05, 3.63) is 94.5 Å². The number of aryl methyl sites for hydroxylation is 1.